The van der Waals surface area contributed by atoms with Crippen LogP contribution in [0.25, 0.3) is 11.0 Å². The summed E-state index contributed by atoms with van der Waals surface area (Å²) in [5.74, 6) is 2.77. The van der Waals surface area contributed by atoms with Crippen molar-refractivity contribution in [2.75, 3.05) is 25.0 Å². The van der Waals surface area contributed by atoms with Crippen LogP contribution in [0, 0.1) is 11.8 Å². The van der Waals surface area contributed by atoms with Crippen molar-refractivity contribution in [1.29, 1.82) is 0 Å². The van der Waals surface area contributed by atoms with E-state index >= 15 is 0 Å². The Kier molecular flexibility index (Phi) is 3.56. The van der Waals surface area contributed by atoms with E-state index in [1.54, 1.807) is 6.33 Å². The molecule has 0 spiro atoms. The van der Waals surface area contributed by atoms with Gasteiger partial charge in [0.15, 0.2) is 0 Å². The summed E-state index contributed by atoms with van der Waals surface area (Å²) in [5.41, 5.74) is 0.928. The fourth-order valence-corrected chi connectivity index (χ4v) is 3.76. The van der Waals surface area contributed by atoms with Crippen molar-refractivity contribution < 1.29 is 0 Å². The number of nitrogens with zero attached hydrogens (tertiary/aromatic N) is 3. The van der Waals surface area contributed by atoms with Gasteiger partial charge in [-0.25, -0.2) is 9.97 Å². The zero-order valence-corrected chi connectivity index (χ0v) is 12.4. The Labute approximate surface area is 124 Å². The first kappa shape index (κ1) is 13.6. The van der Waals surface area contributed by atoms with E-state index < -0.39 is 0 Å². The maximum Gasteiger partial charge on any atom is 0.142 e. The normalized spacial score (nSPS) is 28.4. The van der Waals surface area contributed by atoms with Gasteiger partial charge in [-0.2, -0.15) is 0 Å². The van der Waals surface area contributed by atoms with Crippen LogP contribution in [-0.2, 0) is 0 Å². The number of anilines is 1. The average Bonchev–Trinajstić information content (AvgIpc) is 3.11. The summed E-state index contributed by atoms with van der Waals surface area (Å²) >= 11 is 0. The number of fused-ring (bicyclic) bond motifs is 2. The van der Waals surface area contributed by atoms with E-state index in [1.165, 1.54) is 25.9 Å². The molecule has 108 valence electrons. The fraction of sp³-hybridized carbons (Fsp3) is 0.571. The SMILES string of the molecule is CN(c1ncnc2[nH]ccc12)[C@@H]1C[C@H]2CNC[C@H]2C1.Cl. The van der Waals surface area contributed by atoms with Crippen LogP contribution in [-0.4, -0.2) is 41.1 Å². The van der Waals surface area contributed by atoms with Crippen molar-refractivity contribution in [3.63, 3.8) is 0 Å². The molecule has 6 heteroatoms. The number of hydrogen-bond donors (Lipinski definition) is 2. The van der Waals surface area contributed by atoms with Crippen LogP contribution in [0.1, 0.15) is 12.8 Å². The standard InChI is InChI=1S/C14H19N5.ClH/c1-19(11-4-9-6-15-7-10(9)5-11)14-12-2-3-16-13(12)17-8-18-14;/h2-3,8-11,15H,4-7H2,1H3,(H,16,17,18);1H/t9-,10+,11+;. The second-order valence-corrected chi connectivity index (χ2v) is 5.85. The molecule has 3 atom stereocenters. The predicted molar refractivity (Wildman–Crippen MR) is 82.4 cm³/mol. The molecule has 1 saturated heterocycles. The van der Waals surface area contributed by atoms with Crippen molar-refractivity contribution >= 4 is 29.3 Å². The largest absolute Gasteiger partial charge is 0.356 e. The zero-order chi connectivity index (χ0) is 12.8. The Balaban J connectivity index is 0.00000121. The Morgan fingerprint density at radius 3 is 2.70 bits per heavy atom. The molecule has 20 heavy (non-hydrogen) atoms. The van der Waals surface area contributed by atoms with Gasteiger partial charge in [0.25, 0.3) is 0 Å². The first-order valence-electron chi connectivity index (χ1n) is 7.04. The van der Waals surface area contributed by atoms with Gasteiger partial charge in [-0.05, 0) is 43.8 Å². The molecule has 2 aromatic rings. The van der Waals surface area contributed by atoms with Gasteiger partial charge in [-0.15, -0.1) is 12.4 Å². The second-order valence-electron chi connectivity index (χ2n) is 5.85. The molecule has 0 radical (unpaired) electrons. The van der Waals surface area contributed by atoms with Gasteiger partial charge in [0.2, 0.25) is 0 Å². The van der Waals surface area contributed by atoms with Crippen LogP contribution in [0.2, 0.25) is 0 Å². The molecule has 2 fully saturated rings. The smallest absolute Gasteiger partial charge is 0.142 e. The van der Waals surface area contributed by atoms with Crippen LogP contribution in [0.15, 0.2) is 18.6 Å². The third-order valence-corrected chi connectivity index (χ3v) is 4.84. The van der Waals surface area contributed by atoms with E-state index in [-0.39, 0.29) is 12.4 Å². The number of nitrogens with one attached hydrogen (secondary N) is 2. The van der Waals surface area contributed by atoms with Crippen molar-refractivity contribution in [3.05, 3.63) is 18.6 Å². The molecule has 2 N–H and O–H groups in total. The minimum atomic E-state index is 0. The number of H-pyrrole nitrogens is 1. The summed E-state index contributed by atoms with van der Waals surface area (Å²) in [6, 6.07) is 2.68. The van der Waals surface area contributed by atoms with Gasteiger partial charge in [-0.1, -0.05) is 0 Å². The minimum Gasteiger partial charge on any atom is -0.356 e. The van der Waals surface area contributed by atoms with Crippen LogP contribution in [0.4, 0.5) is 5.82 Å². The molecule has 2 aliphatic rings. The van der Waals surface area contributed by atoms with Gasteiger partial charge in [0, 0.05) is 19.3 Å². The van der Waals surface area contributed by atoms with Crippen molar-refractivity contribution in [2.24, 2.45) is 11.8 Å². The van der Waals surface area contributed by atoms with Crippen molar-refractivity contribution in [1.82, 2.24) is 20.3 Å². The van der Waals surface area contributed by atoms with Crippen LogP contribution in [0.5, 0.6) is 0 Å². The average molecular weight is 294 g/mol. The quantitative estimate of drug-likeness (QED) is 0.887. The highest BCUT2D eigenvalue weighted by atomic mass is 35.5. The molecule has 3 heterocycles. The van der Waals surface area contributed by atoms with Crippen molar-refractivity contribution in [3.8, 4) is 0 Å². The zero-order valence-electron chi connectivity index (χ0n) is 11.5. The lowest BCUT2D eigenvalue weighted by atomic mass is 10.0. The highest BCUT2D eigenvalue weighted by molar-refractivity contribution is 5.87. The predicted octanol–water partition coefficient (Wildman–Crippen LogP) is 1.81. The Morgan fingerprint density at radius 1 is 1.20 bits per heavy atom. The molecule has 0 amide bonds. The summed E-state index contributed by atoms with van der Waals surface area (Å²) < 4.78 is 0. The lowest BCUT2D eigenvalue weighted by Gasteiger charge is -2.26. The monoisotopic (exact) mass is 293 g/mol. The third-order valence-electron chi connectivity index (χ3n) is 4.84. The third kappa shape index (κ3) is 2.05. The molecule has 0 bridgehead atoms. The van der Waals surface area contributed by atoms with Crippen LogP contribution >= 0.6 is 12.4 Å². The van der Waals surface area contributed by atoms with E-state index in [4.69, 9.17) is 0 Å². The summed E-state index contributed by atoms with van der Waals surface area (Å²) in [5, 5.41) is 4.63. The lowest BCUT2D eigenvalue weighted by Crippen LogP contribution is -2.31. The van der Waals surface area contributed by atoms with Gasteiger partial charge in [0.1, 0.15) is 17.8 Å². The van der Waals surface area contributed by atoms with E-state index in [0.29, 0.717) is 6.04 Å². The van der Waals surface area contributed by atoms with E-state index in [1.807, 2.05) is 6.20 Å². The molecule has 1 aliphatic heterocycles. The number of hydrogen-bond acceptors (Lipinski definition) is 4. The van der Waals surface area contributed by atoms with E-state index in [9.17, 15) is 0 Å². The number of aromatic amines is 1. The molecule has 0 unspecified atom stereocenters. The highest BCUT2D eigenvalue weighted by Gasteiger charge is 2.39. The van der Waals surface area contributed by atoms with Gasteiger partial charge >= 0.3 is 0 Å². The van der Waals surface area contributed by atoms with Gasteiger partial charge in [0.05, 0.1) is 5.39 Å². The molecular weight excluding hydrogens is 274 g/mol. The first-order valence-corrected chi connectivity index (χ1v) is 7.04. The highest BCUT2D eigenvalue weighted by Crippen LogP contribution is 2.38. The molecule has 1 saturated carbocycles. The molecule has 0 aromatic carbocycles. The fourth-order valence-electron chi connectivity index (χ4n) is 3.76. The topological polar surface area (TPSA) is 56.8 Å². The van der Waals surface area contributed by atoms with Crippen LogP contribution < -0.4 is 10.2 Å². The Bertz CT molecular complexity index is 586. The maximum atomic E-state index is 4.50. The van der Waals surface area contributed by atoms with Gasteiger partial charge < -0.3 is 15.2 Å². The summed E-state index contributed by atoms with van der Waals surface area (Å²) in [7, 11) is 2.17. The number of rotatable bonds is 2. The number of aromatic nitrogens is 3. The Morgan fingerprint density at radius 2 is 1.95 bits per heavy atom. The molecular formula is C14H20ClN5. The summed E-state index contributed by atoms with van der Waals surface area (Å²) in [6.07, 6.45) is 6.15. The Hall–Kier alpha value is -1.33. The number of halogens is 1. The van der Waals surface area contributed by atoms with Gasteiger partial charge in [-0.3, -0.25) is 0 Å². The lowest BCUT2D eigenvalue weighted by molar-refractivity contribution is 0.494. The van der Waals surface area contributed by atoms with Crippen molar-refractivity contribution in [2.45, 2.75) is 18.9 Å². The molecule has 2 aromatic heterocycles. The molecule has 1 aliphatic carbocycles. The summed E-state index contributed by atoms with van der Waals surface area (Å²) in [4.78, 5) is 14.3. The maximum absolute atomic E-state index is 4.50. The van der Waals surface area contributed by atoms with E-state index in [0.717, 1.165) is 28.7 Å². The molecule has 4 rings (SSSR count). The summed E-state index contributed by atoms with van der Waals surface area (Å²) in [6.45, 7) is 2.39. The van der Waals surface area contributed by atoms with E-state index in [2.05, 4.69) is 38.3 Å². The second kappa shape index (κ2) is 5.22. The minimum absolute atomic E-state index is 0. The molecule has 5 nitrogen and oxygen atoms in total. The first-order chi connectivity index (χ1) is 9.33. The van der Waals surface area contributed by atoms with Crippen LogP contribution in [0.3, 0.4) is 0 Å².